The highest BCUT2D eigenvalue weighted by Crippen LogP contribution is 2.16. The smallest absolute Gasteiger partial charge is 0.305 e. The van der Waals surface area contributed by atoms with E-state index in [9.17, 15) is 9.18 Å². The summed E-state index contributed by atoms with van der Waals surface area (Å²) in [5.41, 5.74) is 1.82. The number of anilines is 1. The molecule has 1 N–H and O–H groups in total. The monoisotopic (exact) mass is 308 g/mol. The van der Waals surface area contributed by atoms with Crippen LogP contribution in [0.25, 0.3) is 0 Å². The summed E-state index contributed by atoms with van der Waals surface area (Å²) >= 11 is 1.50. The number of nitrogens with zero attached hydrogens (tertiary/aromatic N) is 1. The molecule has 0 saturated carbocycles. The molecule has 6 heteroatoms. The first-order chi connectivity index (χ1) is 10.2. The molecule has 2 aromatic rings. The number of halogens is 1. The van der Waals surface area contributed by atoms with Crippen LogP contribution in [0.5, 0.6) is 0 Å². The van der Waals surface area contributed by atoms with Crippen molar-refractivity contribution in [1.82, 2.24) is 4.98 Å². The van der Waals surface area contributed by atoms with Gasteiger partial charge in [0, 0.05) is 18.3 Å². The van der Waals surface area contributed by atoms with E-state index in [1.165, 1.54) is 30.6 Å². The van der Waals surface area contributed by atoms with Gasteiger partial charge in [-0.15, -0.1) is 11.3 Å². The Morgan fingerprint density at radius 2 is 2.29 bits per heavy atom. The van der Waals surface area contributed by atoms with E-state index in [4.69, 9.17) is 0 Å². The van der Waals surface area contributed by atoms with Gasteiger partial charge in [0.05, 0.1) is 19.2 Å². The number of thiazole rings is 1. The number of rotatable bonds is 7. The predicted octanol–water partition coefficient (Wildman–Crippen LogP) is 3.04. The Labute approximate surface area is 127 Å². The zero-order valence-electron chi connectivity index (χ0n) is 11.8. The zero-order chi connectivity index (χ0) is 15.1. The first kappa shape index (κ1) is 15.4. The second-order valence-corrected chi connectivity index (χ2v) is 5.38. The highest BCUT2D eigenvalue weighted by Gasteiger charge is 2.05. The van der Waals surface area contributed by atoms with Gasteiger partial charge >= 0.3 is 5.97 Å². The van der Waals surface area contributed by atoms with Crippen molar-refractivity contribution in [2.75, 3.05) is 19.0 Å². The first-order valence-corrected chi connectivity index (χ1v) is 7.55. The van der Waals surface area contributed by atoms with Crippen LogP contribution in [-0.4, -0.2) is 24.6 Å². The largest absolute Gasteiger partial charge is 0.469 e. The molecule has 0 unspecified atom stereocenters. The van der Waals surface area contributed by atoms with Gasteiger partial charge in [-0.1, -0.05) is 12.1 Å². The highest BCUT2D eigenvalue weighted by atomic mass is 32.1. The molecule has 112 valence electrons. The summed E-state index contributed by atoms with van der Waals surface area (Å²) in [6.07, 6.45) is 1.65. The van der Waals surface area contributed by atoms with Gasteiger partial charge in [-0.25, -0.2) is 9.37 Å². The number of nitrogens with one attached hydrogen (secondary N) is 1. The number of aryl methyl sites for hydroxylation is 1. The maximum absolute atomic E-state index is 13.0. The number of carbonyl (C=O) groups is 1. The minimum atomic E-state index is -0.233. The van der Waals surface area contributed by atoms with Gasteiger partial charge in [0.1, 0.15) is 5.82 Å². The van der Waals surface area contributed by atoms with Crippen LogP contribution in [0, 0.1) is 5.82 Å². The molecule has 0 aliphatic rings. The van der Waals surface area contributed by atoms with Crippen molar-refractivity contribution in [2.45, 2.75) is 19.3 Å². The van der Waals surface area contributed by atoms with Crippen LogP contribution in [0.2, 0.25) is 0 Å². The average molecular weight is 308 g/mol. The lowest BCUT2D eigenvalue weighted by Crippen LogP contribution is -2.05. The highest BCUT2D eigenvalue weighted by molar-refractivity contribution is 7.13. The first-order valence-electron chi connectivity index (χ1n) is 6.67. The van der Waals surface area contributed by atoms with E-state index < -0.39 is 0 Å². The zero-order valence-corrected chi connectivity index (χ0v) is 12.6. The summed E-state index contributed by atoms with van der Waals surface area (Å²) in [4.78, 5) is 15.4. The van der Waals surface area contributed by atoms with Gasteiger partial charge < -0.3 is 10.1 Å². The van der Waals surface area contributed by atoms with Crippen LogP contribution >= 0.6 is 11.3 Å². The number of hydrogen-bond donors (Lipinski definition) is 1. The third-order valence-corrected chi connectivity index (χ3v) is 3.79. The van der Waals surface area contributed by atoms with E-state index in [-0.39, 0.29) is 11.8 Å². The van der Waals surface area contributed by atoms with E-state index >= 15 is 0 Å². The summed E-state index contributed by atoms with van der Waals surface area (Å²) in [7, 11) is 1.38. The number of methoxy groups -OCH3 is 1. The normalized spacial score (nSPS) is 10.4. The maximum atomic E-state index is 13.0. The SMILES string of the molecule is COC(=O)CCc1csc(NCCc2cccc(F)c2)n1. The van der Waals surface area contributed by atoms with E-state index in [0.717, 1.165) is 22.8 Å². The fourth-order valence-electron chi connectivity index (χ4n) is 1.84. The third-order valence-electron chi connectivity index (χ3n) is 2.94. The molecule has 0 radical (unpaired) electrons. The number of hydrogen-bond acceptors (Lipinski definition) is 5. The van der Waals surface area contributed by atoms with Gasteiger partial charge in [-0.2, -0.15) is 0 Å². The molecule has 0 amide bonds. The van der Waals surface area contributed by atoms with Crippen molar-refractivity contribution in [3.8, 4) is 0 Å². The molecular formula is C15H17FN2O2S. The molecule has 2 rings (SSSR count). The topological polar surface area (TPSA) is 51.2 Å². The van der Waals surface area contributed by atoms with Crippen molar-refractivity contribution in [1.29, 1.82) is 0 Å². The van der Waals surface area contributed by atoms with Crippen LogP contribution in [-0.2, 0) is 22.4 Å². The van der Waals surface area contributed by atoms with E-state index in [2.05, 4.69) is 15.0 Å². The van der Waals surface area contributed by atoms with Crippen molar-refractivity contribution >= 4 is 22.4 Å². The van der Waals surface area contributed by atoms with E-state index in [0.29, 0.717) is 19.4 Å². The van der Waals surface area contributed by atoms with Crippen molar-refractivity contribution in [3.63, 3.8) is 0 Å². The standard InChI is InChI=1S/C15H17FN2O2S/c1-20-14(19)6-5-13-10-21-15(18-13)17-8-7-11-3-2-4-12(16)9-11/h2-4,9-10H,5-8H2,1H3,(H,17,18). The molecule has 0 saturated heterocycles. The second-order valence-electron chi connectivity index (χ2n) is 4.53. The molecule has 1 aromatic carbocycles. The van der Waals surface area contributed by atoms with Crippen LogP contribution in [0.4, 0.5) is 9.52 Å². The molecule has 0 bridgehead atoms. The van der Waals surface area contributed by atoms with Crippen molar-refractivity contribution in [2.24, 2.45) is 0 Å². The number of aromatic nitrogens is 1. The molecule has 1 aromatic heterocycles. The Morgan fingerprint density at radius 3 is 3.05 bits per heavy atom. The molecule has 0 atom stereocenters. The van der Waals surface area contributed by atoms with E-state index in [1.807, 2.05) is 11.4 Å². The number of ether oxygens (including phenoxy) is 1. The van der Waals surface area contributed by atoms with Crippen LogP contribution in [0.1, 0.15) is 17.7 Å². The Bertz CT molecular complexity index is 601. The van der Waals surface area contributed by atoms with Crippen LogP contribution in [0.3, 0.4) is 0 Å². The molecule has 4 nitrogen and oxygen atoms in total. The Morgan fingerprint density at radius 1 is 1.43 bits per heavy atom. The summed E-state index contributed by atoms with van der Waals surface area (Å²) in [6, 6.07) is 6.57. The van der Waals surface area contributed by atoms with Gasteiger partial charge in [-0.05, 0) is 24.1 Å². The summed E-state index contributed by atoms with van der Waals surface area (Å²) in [5.74, 6) is -0.449. The lowest BCUT2D eigenvalue weighted by atomic mass is 10.1. The molecule has 1 heterocycles. The van der Waals surface area contributed by atoms with E-state index in [1.54, 1.807) is 6.07 Å². The van der Waals surface area contributed by atoms with Crippen molar-refractivity contribution < 1.29 is 13.9 Å². The van der Waals surface area contributed by atoms with Gasteiger partial charge in [-0.3, -0.25) is 4.79 Å². The minimum absolute atomic E-state index is 0.216. The summed E-state index contributed by atoms with van der Waals surface area (Å²) < 4.78 is 17.6. The molecular weight excluding hydrogens is 291 g/mol. The number of carbonyl (C=O) groups excluding carboxylic acids is 1. The fourth-order valence-corrected chi connectivity index (χ4v) is 2.62. The minimum Gasteiger partial charge on any atom is -0.469 e. The van der Waals surface area contributed by atoms with Crippen LogP contribution < -0.4 is 5.32 Å². The second kappa shape index (κ2) is 7.73. The number of esters is 1. The quantitative estimate of drug-likeness (QED) is 0.799. The molecule has 0 spiro atoms. The average Bonchev–Trinajstić information content (AvgIpc) is 2.93. The predicted molar refractivity (Wildman–Crippen MR) is 81.0 cm³/mol. The molecule has 0 fully saturated rings. The maximum Gasteiger partial charge on any atom is 0.305 e. The third kappa shape index (κ3) is 5.15. The van der Waals surface area contributed by atoms with Gasteiger partial charge in [0.2, 0.25) is 0 Å². The van der Waals surface area contributed by atoms with Gasteiger partial charge in [0.25, 0.3) is 0 Å². The molecule has 21 heavy (non-hydrogen) atoms. The van der Waals surface area contributed by atoms with Gasteiger partial charge in [0.15, 0.2) is 5.13 Å². The molecule has 0 aliphatic heterocycles. The summed E-state index contributed by atoms with van der Waals surface area (Å²) in [6.45, 7) is 0.688. The lowest BCUT2D eigenvalue weighted by Gasteiger charge is -2.03. The fraction of sp³-hybridized carbons (Fsp3) is 0.333. The summed E-state index contributed by atoms with van der Waals surface area (Å²) in [5, 5.41) is 5.94. The lowest BCUT2D eigenvalue weighted by molar-refractivity contribution is -0.140. The Balaban J connectivity index is 1.76. The van der Waals surface area contributed by atoms with Crippen molar-refractivity contribution in [3.05, 3.63) is 46.7 Å². The van der Waals surface area contributed by atoms with Crippen LogP contribution in [0.15, 0.2) is 29.6 Å². The Kier molecular flexibility index (Phi) is 5.68. The molecule has 0 aliphatic carbocycles. The number of benzene rings is 1. The Hall–Kier alpha value is -1.95.